The van der Waals surface area contributed by atoms with E-state index in [4.69, 9.17) is 0 Å². The standard InChI is InChI=1S/2C9H11.C2H4.Ti/c2*1-2-5-9-7-3-6-8(9)4-1;1-2;/h2*3,6-7H,1-2,4-5H2;1-2H2;/q2*-1;;+4. The van der Waals surface area contributed by atoms with Gasteiger partial charge in [0.2, 0.25) is 0 Å². The van der Waals surface area contributed by atoms with Crippen molar-refractivity contribution < 1.29 is 21.7 Å². The van der Waals surface area contributed by atoms with Crippen LogP contribution in [0.1, 0.15) is 47.9 Å². The van der Waals surface area contributed by atoms with Gasteiger partial charge in [0.25, 0.3) is 0 Å². The quantitative estimate of drug-likeness (QED) is 0.348. The second kappa shape index (κ2) is 9.98. The Bertz CT molecular complexity index is 416. The van der Waals surface area contributed by atoms with E-state index in [1.807, 2.05) is 0 Å². The molecule has 0 heterocycles. The number of fused-ring (bicyclic) bond motifs is 2. The molecule has 0 fully saturated rings. The third kappa shape index (κ3) is 5.13. The summed E-state index contributed by atoms with van der Waals surface area (Å²) in [6.45, 7) is 6.00. The van der Waals surface area contributed by atoms with Crippen LogP contribution in [0.15, 0.2) is 49.6 Å². The normalized spacial score (nSPS) is 15.0. The summed E-state index contributed by atoms with van der Waals surface area (Å²) < 4.78 is 0. The topological polar surface area (TPSA) is 0 Å². The molecule has 1 heteroatoms. The molecule has 0 bridgehead atoms. The van der Waals surface area contributed by atoms with Crippen LogP contribution in [0.2, 0.25) is 0 Å². The van der Waals surface area contributed by atoms with Gasteiger partial charge in [-0.15, -0.1) is 13.2 Å². The predicted molar refractivity (Wildman–Crippen MR) is 88.6 cm³/mol. The van der Waals surface area contributed by atoms with Gasteiger partial charge in [0.15, 0.2) is 0 Å². The zero-order valence-electron chi connectivity index (χ0n) is 13.0. The van der Waals surface area contributed by atoms with E-state index < -0.39 is 0 Å². The molecule has 0 aromatic heterocycles. The first-order valence-corrected chi connectivity index (χ1v) is 7.90. The first kappa shape index (κ1) is 18.2. The number of aryl methyl sites for hydroxylation is 4. The van der Waals surface area contributed by atoms with Crippen LogP contribution in [0.3, 0.4) is 0 Å². The summed E-state index contributed by atoms with van der Waals surface area (Å²) in [4.78, 5) is 0. The summed E-state index contributed by atoms with van der Waals surface area (Å²) in [7, 11) is 0. The van der Waals surface area contributed by atoms with Crippen LogP contribution < -0.4 is 0 Å². The second-order valence-corrected chi connectivity index (χ2v) is 5.57. The smallest absolute Gasteiger partial charge is 0.210 e. The van der Waals surface area contributed by atoms with Crippen LogP contribution in [0, 0.1) is 0 Å². The van der Waals surface area contributed by atoms with Crippen LogP contribution in [0.25, 0.3) is 0 Å². The van der Waals surface area contributed by atoms with Gasteiger partial charge in [0.05, 0.1) is 0 Å². The Kier molecular flexibility index (Phi) is 8.65. The number of hydrogen-bond acceptors (Lipinski definition) is 0. The van der Waals surface area contributed by atoms with Crippen molar-refractivity contribution in [1.29, 1.82) is 0 Å². The molecule has 2 aromatic carbocycles. The van der Waals surface area contributed by atoms with E-state index in [2.05, 4.69) is 49.6 Å². The summed E-state index contributed by atoms with van der Waals surface area (Å²) >= 11 is 0. The Morgan fingerprint density at radius 2 is 1.05 bits per heavy atom. The largest absolute Gasteiger partial charge is 4.00 e. The van der Waals surface area contributed by atoms with E-state index in [1.54, 1.807) is 22.3 Å². The zero-order valence-corrected chi connectivity index (χ0v) is 14.6. The molecule has 0 radical (unpaired) electrons. The van der Waals surface area contributed by atoms with Gasteiger partial charge in [-0.3, -0.25) is 0 Å². The summed E-state index contributed by atoms with van der Waals surface area (Å²) in [5.41, 5.74) is 6.39. The van der Waals surface area contributed by atoms with Crippen molar-refractivity contribution >= 4 is 0 Å². The van der Waals surface area contributed by atoms with Crippen molar-refractivity contribution in [1.82, 2.24) is 0 Å². The second-order valence-electron chi connectivity index (χ2n) is 5.57. The van der Waals surface area contributed by atoms with Gasteiger partial charge in [0.1, 0.15) is 0 Å². The van der Waals surface area contributed by atoms with Crippen LogP contribution in [0.4, 0.5) is 0 Å². The molecule has 0 saturated carbocycles. The van der Waals surface area contributed by atoms with Gasteiger partial charge in [-0.05, 0) is 0 Å². The average molecular weight is 314 g/mol. The molecule has 0 atom stereocenters. The fraction of sp³-hybridized carbons (Fsp3) is 0.400. The van der Waals surface area contributed by atoms with Gasteiger partial charge in [-0.2, -0.15) is 46.5 Å². The van der Waals surface area contributed by atoms with Crippen LogP contribution in [-0.4, -0.2) is 0 Å². The molecule has 2 aliphatic rings. The molecule has 21 heavy (non-hydrogen) atoms. The maximum atomic E-state index is 3.00. The molecular formula is C20H26Ti+2. The first-order valence-electron chi connectivity index (χ1n) is 7.90. The fourth-order valence-corrected chi connectivity index (χ4v) is 3.23. The van der Waals surface area contributed by atoms with Crippen molar-refractivity contribution in [3.05, 3.63) is 71.8 Å². The van der Waals surface area contributed by atoms with Crippen molar-refractivity contribution in [2.24, 2.45) is 0 Å². The van der Waals surface area contributed by atoms with Gasteiger partial charge in [-0.25, -0.2) is 12.1 Å². The Labute approximate surface area is 144 Å². The average Bonchev–Trinajstić information content (AvgIpc) is 3.18. The molecule has 2 aromatic rings. The molecule has 0 unspecified atom stereocenters. The number of rotatable bonds is 0. The summed E-state index contributed by atoms with van der Waals surface area (Å²) in [6.07, 6.45) is 10.9. The maximum absolute atomic E-state index is 3.00. The van der Waals surface area contributed by atoms with E-state index >= 15 is 0 Å². The minimum Gasteiger partial charge on any atom is -0.210 e. The zero-order chi connectivity index (χ0) is 14.2. The fourth-order valence-electron chi connectivity index (χ4n) is 3.23. The first-order chi connectivity index (χ1) is 9.93. The molecule has 0 N–H and O–H groups in total. The van der Waals surface area contributed by atoms with Gasteiger partial charge < -0.3 is 0 Å². The Morgan fingerprint density at radius 3 is 1.43 bits per heavy atom. The van der Waals surface area contributed by atoms with Crippen LogP contribution in [-0.2, 0) is 47.4 Å². The van der Waals surface area contributed by atoms with Crippen molar-refractivity contribution in [3.8, 4) is 0 Å². The molecule has 0 nitrogen and oxygen atoms in total. The Balaban J connectivity index is 0.000000181. The third-order valence-electron chi connectivity index (χ3n) is 4.30. The SMILES string of the molecule is C=C.[Ti+4].c1cc2c([cH-]1)CCCC2.c1cc2c([cH-]1)CCCC2. The van der Waals surface area contributed by atoms with E-state index in [9.17, 15) is 0 Å². The third-order valence-corrected chi connectivity index (χ3v) is 4.30. The van der Waals surface area contributed by atoms with Crippen molar-refractivity contribution in [2.45, 2.75) is 51.4 Å². The molecule has 0 spiro atoms. The molecule has 0 aliphatic heterocycles. The maximum Gasteiger partial charge on any atom is 4.00 e. The number of hydrogen-bond donors (Lipinski definition) is 0. The molecule has 0 saturated heterocycles. The van der Waals surface area contributed by atoms with Gasteiger partial charge >= 0.3 is 21.7 Å². The van der Waals surface area contributed by atoms with Crippen molar-refractivity contribution in [3.63, 3.8) is 0 Å². The summed E-state index contributed by atoms with van der Waals surface area (Å²) in [5, 5.41) is 0. The molecular weight excluding hydrogens is 288 g/mol. The van der Waals surface area contributed by atoms with E-state index in [1.165, 1.54) is 51.4 Å². The molecule has 108 valence electrons. The van der Waals surface area contributed by atoms with E-state index in [-0.39, 0.29) is 21.7 Å². The van der Waals surface area contributed by atoms with Crippen LogP contribution in [0.5, 0.6) is 0 Å². The minimum atomic E-state index is 0. The van der Waals surface area contributed by atoms with E-state index in [0.29, 0.717) is 0 Å². The minimum absolute atomic E-state index is 0. The summed E-state index contributed by atoms with van der Waals surface area (Å²) in [5.74, 6) is 0. The molecule has 4 rings (SSSR count). The van der Waals surface area contributed by atoms with E-state index in [0.717, 1.165) is 0 Å². The molecule has 0 amide bonds. The van der Waals surface area contributed by atoms with Gasteiger partial charge in [-0.1, -0.05) is 51.4 Å². The Hall–Kier alpha value is -0.846. The van der Waals surface area contributed by atoms with Crippen molar-refractivity contribution in [2.75, 3.05) is 0 Å². The predicted octanol–water partition coefficient (Wildman–Crippen LogP) is 5.37. The Morgan fingerprint density at radius 1 is 0.667 bits per heavy atom. The molecule has 2 aliphatic carbocycles. The monoisotopic (exact) mass is 314 g/mol. The van der Waals surface area contributed by atoms with Crippen LogP contribution >= 0.6 is 0 Å². The van der Waals surface area contributed by atoms with Gasteiger partial charge in [0, 0.05) is 0 Å². The summed E-state index contributed by atoms with van der Waals surface area (Å²) in [6, 6.07) is 13.4.